The third-order valence-corrected chi connectivity index (χ3v) is 3.21. The van der Waals surface area contributed by atoms with E-state index in [1.54, 1.807) is 19.5 Å². The molecule has 2 rings (SSSR count). The van der Waals surface area contributed by atoms with Gasteiger partial charge in [-0.1, -0.05) is 12.1 Å². The summed E-state index contributed by atoms with van der Waals surface area (Å²) in [5.41, 5.74) is 8.24. The largest absolute Gasteiger partial charge is 0.495 e. The molecule has 2 aromatic rings. The molecule has 1 unspecified atom stereocenters. The average molecular weight is 340 g/mol. The number of nitrogens with two attached hydrogens (primary N) is 1. The number of methoxy groups -OCH3 is 1. The van der Waals surface area contributed by atoms with Crippen molar-refractivity contribution < 1.29 is 4.74 Å². The SMILES string of the molecule is COc1cncc(C(N)c2cccc(I)c2)c1. The number of halogens is 1. The Bertz CT molecular complexity index is 516. The van der Waals surface area contributed by atoms with E-state index in [1.165, 1.54) is 3.57 Å². The van der Waals surface area contributed by atoms with Gasteiger partial charge in [0.2, 0.25) is 0 Å². The van der Waals surface area contributed by atoms with Crippen LogP contribution in [0.15, 0.2) is 42.7 Å². The molecule has 0 saturated heterocycles. The number of hydrogen-bond acceptors (Lipinski definition) is 3. The molecule has 0 aliphatic heterocycles. The summed E-state index contributed by atoms with van der Waals surface area (Å²) < 4.78 is 6.32. The molecule has 1 heterocycles. The van der Waals surface area contributed by atoms with Crippen molar-refractivity contribution in [3.05, 3.63) is 57.4 Å². The van der Waals surface area contributed by atoms with Crippen molar-refractivity contribution in [1.82, 2.24) is 4.98 Å². The fraction of sp³-hybridized carbons (Fsp3) is 0.154. The standard InChI is InChI=1S/C13H13IN2O/c1-17-12-6-10(7-16-8-12)13(15)9-3-2-4-11(14)5-9/h2-8,13H,15H2,1H3. The monoisotopic (exact) mass is 340 g/mol. The summed E-state index contributed by atoms with van der Waals surface area (Å²) in [6.45, 7) is 0. The molecule has 1 atom stereocenters. The number of aromatic nitrogens is 1. The van der Waals surface area contributed by atoms with Gasteiger partial charge in [-0.25, -0.2) is 0 Å². The quantitative estimate of drug-likeness (QED) is 0.874. The summed E-state index contributed by atoms with van der Waals surface area (Å²) in [6, 6.07) is 9.88. The van der Waals surface area contributed by atoms with Crippen LogP contribution >= 0.6 is 22.6 Å². The lowest BCUT2D eigenvalue weighted by Crippen LogP contribution is -2.12. The zero-order valence-corrected chi connectivity index (χ0v) is 11.6. The number of ether oxygens (including phenoxy) is 1. The van der Waals surface area contributed by atoms with Crippen molar-refractivity contribution in [2.75, 3.05) is 7.11 Å². The molecule has 0 aliphatic carbocycles. The second-order valence-corrected chi connectivity index (χ2v) is 4.94. The molecule has 0 aliphatic rings. The minimum atomic E-state index is -0.174. The first kappa shape index (κ1) is 12.3. The molecule has 1 aromatic carbocycles. The van der Waals surface area contributed by atoms with Crippen LogP contribution in [-0.4, -0.2) is 12.1 Å². The first-order valence-corrected chi connectivity index (χ1v) is 6.28. The smallest absolute Gasteiger partial charge is 0.137 e. The molecule has 2 N–H and O–H groups in total. The van der Waals surface area contributed by atoms with Gasteiger partial charge in [0.05, 0.1) is 19.3 Å². The van der Waals surface area contributed by atoms with E-state index in [0.29, 0.717) is 0 Å². The van der Waals surface area contributed by atoms with Crippen molar-refractivity contribution in [1.29, 1.82) is 0 Å². The minimum Gasteiger partial charge on any atom is -0.495 e. The summed E-state index contributed by atoms with van der Waals surface area (Å²) in [5, 5.41) is 0. The zero-order valence-electron chi connectivity index (χ0n) is 9.43. The van der Waals surface area contributed by atoms with E-state index in [1.807, 2.05) is 24.3 Å². The topological polar surface area (TPSA) is 48.1 Å². The fourth-order valence-electron chi connectivity index (χ4n) is 1.61. The van der Waals surface area contributed by atoms with E-state index in [4.69, 9.17) is 10.5 Å². The molecule has 17 heavy (non-hydrogen) atoms. The molecule has 1 aromatic heterocycles. The Balaban J connectivity index is 2.33. The molecule has 0 spiro atoms. The summed E-state index contributed by atoms with van der Waals surface area (Å²) >= 11 is 2.28. The number of hydrogen-bond donors (Lipinski definition) is 1. The first-order valence-electron chi connectivity index (χ1n) is 5.20. The zero-order chi connectivity index (χ0) is 12.3. The molecule has 3 nitrogen and oxygen atoms in total. The van der Waals surface area contributed by atoms with E-state index in [0.717, 1.165) is 16.9 Å². The van der Waals surface area contributed by atoms with E-state index >= 15 is 0 Å². The van der Waals surface area contributed by atoms with E-state index in [-0.39, 0.29) is 6.04 Å². The molecule has 88 valence electrons. The van der Waals surface area contributed by atoms with Gasteiger partial charge in [-0.2, -0.15) is 0 Å². The molecule has 0 saturated carbocycles. The second-order valence-electron chi connectivity index (χ2n) is 3.69. The highest BCUT2D eigenvalue weighted by atomic mass is 127. The highest BCUT2D eigenvalue weighted by Gasteiger charge is 2.10. The first-order chi connectivity index (χ1) is 8.20. The van der Waals surface area contributed by atoms with Crippen molar-refractivity contribution in [2.24, 2.45) is 5.73 Å². The van der Waals surface area contributed by atoms with Crippen molar-refractivity contribution in [3.63, 3.8) is 0 Å². The summed E-state index contributed by atoms with van der Waals surface area (Å²) in [4.78, 5) is 4.12. The van der Waals surface area contributed by atoms with Gasteiger partial charge in [0, 0.05) is 9.77 Å². The number of nitrogens with zero attached hydrogens (tertiary/aromatic N) is 1. The Hall–Kier alpha value is -1.14. The molecule has 4 heteroatoms. The van der Waals surface area contributed by atoms with Crippen LogP contribution < -0.4 is 10.5 Å². The third-order valence-electron chi connectivity index (χ3n) is 2.54. The predicted octanol–water partition coefficient (Wildman–Crippen LogP) is 2.74. The predicted molar refractivity (Wildman–Crippen MR) is 76.0 cm³/mol. The Labute approximate surface area is 114 Å². The molecule has 0 amide bonds. The number of benzene rings is 1. The van der Waals surface area contributed by atoms with Crippen LogP contribution in [-0.2, 0) is 0 Å². The van der Waals surface area contributed by atoms with Crippen LogP contribution in [0.5, 0.6) is 5.75 Å². The van der Waals surface area contributed by atoms with E-state index in [2.05, 4.69) is 33.6 Å². The molecule has 0 fully saturated rings. The highest BCUT2D eigenvalue weighted by Crippen LogP contribution is 2.23. The van der Waals surface area contributed by atoms with E-state index < -0.39 is 0 Å². The summed E-state index contributed by atoms with van der Waals surface area (Å²) in [5.74, 6) is 0.726. The maximum atomic E-state index is 6.21. The van der Waals surface area contributed by atoms with Crippen LogP contribution in [0.25, 0.3) is 0 Å². The maximum absolute atomic E-state index is 6.21. The Morgan fingerprint density at radius 3 is 2.76 bits per heavy atom. The van der Waals surface area contributed by atoms with Crippen LogP contribution in [0.1, 0.15) is 17.2 Å². The lowest BCUT2D eigenvalue weighted by molar-refractivity contribution is 0.412. The van der Waals surface area contributed by atoms with Crippen molar-refractivity contribution in [2.45, 2.75) is 6.04 Å². The lowest BCUT2D eigenvalue weighted by atomic mass is 10.0. The van der Waals surface area contributed by atoms with Crippen molar-refractivity contribution >= 4 is 22.6 Å². The highest BCUT2D eigenvalue weighted by molar-refractivity contribution is 14.1. The Morgan fingerprint density at radius 1 is 1.24 bits per heavy atom. The van der Waals surface area contributed by atoms with Gasteiger partial charge in [0.15, 0.2) is 0 Å². The van der Waals surface area contributed by atoms with Crippen LogP contribution in [0.2, 0.25) is 0 Å². The summed E-state index contributed by atoms with van der Waals surface area (Å²) in [7, 11) is 1.62. The number of rotatable bonds is 3. The normalized spacial score (nSPS) is 12.2. The number of pyridine rings is 1. The van der Waals surface area contributed by atoms with Crippen LogP contribution in [0, 0.1) is 3.57 Å². The minimum absolute atomic E-state index is 0.174. The van der Waals surface area contributed by atoms with Crippen molar-refractivity contribution in [3.8, 4) is 5.75 Å². The van der Waals surface area contributed by atoms with Gasteiger partial charge in [-0.3, -0.25) is 4.98 Å². The molecular weight excluding hydrogens is 327 g/mol. The summed E-state index contributed by atoms with van der Waals surface area (Å²) in [6.07, 6.45) is 3.44. The lowest BCUT2D eigenvalue weighted by Gasteiger charge is -2.13. The average Bonchev–Trinajstić information content (AvgIpc) is 2.38. The molecule has 0 bridgehead atoms. The third kappa shape index (κ3) is 2.95. The van der Waals surface area contributed by atoms with Gasteiger partial charge in [0.1, 0.15) is 5.75 Å². The molecule has 0 radical (unpaired) electrons. The van der Waals surface area contributed by atoms with Gasteiger partial charge in [0.25, 0.3) is 0 Å². The Kier molecular flexibility index (Phi) is 3.96. The van der Waals surface area contributed by atoms with Gasteiger partial charge >= 0.3 is 0 Å². The fourth-order valence-corrected chi connectivity index (χ4v) is 2.18. The molecular formula is C13H13IN2O. The second kappa shape index (κ2) is 5.46. The van der Waals surface area contributed by atoms with Gasteiger partial charge in [-0.05, 0) is 51.9 Å². The Morgan fingerprint density at radius 2 is 2.06 bits per heavy atom. The van der Waals surface area contributed by atoms with Gasteiger partial charge < -0.3 is 10.5 Å². The van der Waals surface area contributed by atoms with Crippen LogP contribution in [0.3, 0.4) is 0 Å². The van der Waals surface area contributed by atoms with Gasteiger partial charge in [-0.15, -0.1) is 0 Å². The van der Waals surface area contributed by atoms with Crippen LogP contribution in [0.4, 0.5) is 0 Å². The maximum Gasteiger partial charge on any atom is 0.137 e. The van der Waals surface area contributed by atoms with E-state index in [9.17, 15) is 0 Å².